The SMILES string of the molecule is CCNC(=O)C(C)n1nnc(C(=O)OC)c1COC. The van der Waals surface area contributed by atoms with E-state index in [2.05, 4.69) is 20.4 Å². The van der Waals surface area contributed by atoms with E-state index in [0.717, 1.165) is 0 Å². The van der Waals surface area contributed by atoms with Crippen LogP contribution < -0.4 is 5.32 Å². The fourth-order valence-corrected chi connectivity index (χ4v) is 1.58. The van der Waals surface area contributed by atoms with E-state index in [4.69, 9.17) is 4.74 Å². The lowest BCUT2D eigenvalue weighted by atomic mass is 10.2. The molecule has 0 aliphatic heterocycles. The molecule has 0 aromatic carbocycles. The Bertz CT molecular complexity index is 458. The predicted molar refractivity (Wildman–Crippen MR) is 65.5 cm³/mol. The van der Waals surface area contributed by atoms with Crippen molar-refractivity contribution >= 4 is 11.9 Å². The summed E-state index contributed by atoms with van der Waals surface area (Å²) in [6.45, 7) is 4.12. The summed E-state index contributed by atoms with van der Waals surface area (Å²) in [5.41, 5.74) is 0.466. The fourth-order valence-electron chi connectivity index (χ4n) is 1.58. The number of hydrogen-bond acceptors (Lipinski definition) is 6. The minimum absolute atomic E-state index is 0.0560. The second-order valence-electron chi connectivity index (χ2n) is 3.82. The quantitative estimate of drug-likeness (QED) is 0.726. The molecule has 1 N–H and O–H groups in total. The molecule has 1 unspecified atom stereocenters. The molecule has 106 valence electrons. The van der Waals surface area contributed by atoms with Gasteiger partial charge >= 0.3 is 5.97 Å². The van der Waals surface area contributed by atoms with Gasteiger partial charge in [0.2, 0.25) is 5.91 Å². The number of rotatable bonds is 6. The maximum Gasteiger partial charge on any atom is 0.360 e. The minimum Gasteiger partial charge on any atom is -0.464 e. The molecule has 0 aliphatic rings. The minimum atomic E-state index is -0.610. The van der Waals surface area contributed by atoms with Gasteiger partial charge in [0.1, 0.15) is 11.7 Å². The highest BCUT2D eigenvalue weighted by Crippen LogP contribution is 2.14. The van der Waals surface area contributed by atoms with Gasteiger partial charge in [-0.3, -0.25) is 4.79 Å². The molecule has 19 heavy (non-hydrogen) atoms. The number of amides is 1. The smallest absolute Gasteiger partial charge is 0.360 e. The Morgan fingerprint density at radius 3 is 2.63 bits per heavy atom. The van der Waals surface area contributed by atoms with Gasteiger partial charge in [-0.15, -0.1) is 5.10 Å². The van der Waals surface area contributed by atoms with Crippen LogP contribution in [0.4, 0.5) is 0 Å². The standard InChI is InChI=1S/C11H18N4O4/c1-5-12-10(16)7(2)15-8(6-18-3)9(13-14-15)11(17)19-4/h7H,5-6H2,1-4H3,(H,12,16). The summed E-state index contributed by atoms with van der Waals surface area (Å²) in [4.78, 5) is 23.3. The van der Waals surface area contributed by atoms with E-state index >= 15 is 0 Å². The fraction of sp³-hybridized carbons (Fsp3) is 0.636. The Morgan fingerprint density at radius 1 is 1.42 bits per heavy atom. The summed E-state index contributed by atoms with van der Waals surface area (Å²) in [5, 5.41) is 10.3. The lowest BCUT2D eigenvalue weighted by molar-refractivity contribution is -0.124. The highest BCUT2D eigenvalue weighted by Gasteiger charge is 2.25. The molecule has 0 radical (unpaired) electrons. The van der Waals surface area contributed by atoms with Crippen LogP contribution in [0.25, 0.3) is 0 Å². The summed E-state index contributed by atoms with van der Waals surface area (Å²) >= 11 is 0. The van der Waals surface area contributed by atoms with Gasteiger partial charge in [0, 0.05) is 13.7 Å². The van der Waals surface area contributed by atoms with Crippen molar-refractivity contribution in [3.8, 4) is 0 Å². The van der Waals surface area contributed by atoms with Crippen molar-refractivity contribution in [2.45, 2.75) is 26.5 Å². The van der Waals surface area contributed by atoms with E-state index in [9.17, 15) is 9.59 Å². The first-order valence-electron chi connectivity index (χ1n) is 5.85. The van der Waals surface area contributed by atoms with Gasteiger partial charge < -0.3 is 14.8 Å². The average Bonchev–Trinajstić information content (AvgIpc) is 2.81. The topological polar surface area (TPSA) is 95.3 Å². The largest absolute Gasteiger partial charge is 0.464 e. The zero-order valence-corrected chi connectivity index (χ0v) is 11.5. The molecule has 1 amide bonds. The second kappa shape index (κ2) is 6.83. The van der Waals surface area contributed by atoms with Crippen LogP contribution in [0.3, 0.4) is 0 Å². The molecule has 0 saturated heterocycles. The predicted octanol–water partition coefficient (Wildman–Crippen LogP) is -0.0918. The van der Waals surface area contributed by atoms with Gasteiger partial charge in [0.05, 0.1) is 13.7 Å². The molecule has 0 fully saturated rings. The van der Waals surface area contributed by atoms with Crippen LogP contribution in [0.1, 0.15) is 36.1 Å². The van der Waals surface area contributed by atoms with Crippen molar-refractivity contribution in [1.29, 1.82) is 0 Å². The first-order chi connectivity index (χ1) is 9.06. The van der Waals surface area contributed by atoms with Crippen molar-refractivity contribution in [2.75, 3.05) is 20.8 Å². The number of likely N-dealkylation sites (N-methyl/N-ethyl adjacent to an activating group) is 1. The number of aromatic nitrogens is 3. The van der Waals surface area contributed by atoms with Crippen molar-refractivity contribution < 1.29 is 19.1 Å². The van der Waals surface area contributed by atoms with Gasteiger partial charge in [-0.1, -0.05) is 5.21 Å². The molecule has 1 aromatic rings. The molecule has 0 bridgehead atoms. The van der Waals surface area contributed by atoms with Gasteiger partial charge in [-0.2, -0.15) is 0 Å². The Balaban J connectivity index is 3.10. The molecule has 0 spiro atoms. The molecule has 1 heterocycles. The monoisotopic (exact) mass is 270 g/mol. The van der Waals surface area contributed by atoms with Crippen molar-refractivity contribution in [3.05, 3.63) is 11.4 Å². The van der Waals surface area contributed by atoms with Crippen LogP contribution in [-0.2, 0) is 20.9 Å². The lowest BCUT2D eigenvalue weighted by Crippen LogP contribution is -2.32. The van der Waals surface area contributed by atoms with Gasteiger partial charge in [0.15, 0.2) is 5.69 Å². The molecular formula is C11H18N4O4. The number of carbonyl (C=O) groups is 2. The number of nitrogens with one attached hydrogen (secondary N) is 1. The highest BCUT2D eigenvalue weighted by molar-refractivity contribution is 5.88. The molecule has 8 heteroatoms. The number of hydrogen-bond donors (Lipinski definition) is 1. The van der Waals surface area contributed by atoms with Crippen LogP contribution in [0.5, 0.6) is 0 Å². The third-order valence-electron chi connectivity index (χ3n) is 2.55. The maximum atomic E-state index is 11.8. The van der Waals surface area contributed by atoms with E-state index in [-0.39, 0.29) is 18.2 Å². The van der Waals surface area contributed by atoms with E-state index in [1.165, 1.54) is 18.9 Å². The van der Waals surface area contributed by atoms with E-state index in [1.807, 2.05) is 6.92 Å². The summed E-state index contributed by atoms with van der Waals surface area (Å²) in [6.07, 6.45) is 0. The Hall–Kier alpha value is -1.96. The van der Waals surface area contributed by atoms with Crippen LogP contribution in [-0.4, -0.2) is 47.6 Å². The first kappa shape index (κ1) is 15.1. The summed E-state index contributed by atoms with van der Waals surface area (Å²) in [5.74, 6) is -0.817. The highest BCUT2D eigenvalue weighted by atomic mass is 16.5. The normalized spacial score (nSPS) is 12.0. The van der Waals surface area contributed by atoms with Crippen LogP contribution in [0.15, 0.2) is 0 Å². The van der Waals surface area contributed by atoms with Crippen molar-refractivity contribution in [2.24, 2.45) is 0 Å². The van der Waals surface area contributed by atoms with E-state index < -0.39 is 12.0 Å². The third kappa shape index (κ3) is 3.28. The second-order valence-corrected chi connectivity index (χ2v) is 3.82. The van der Waals surface area contributed by atoms with Gasteiger partial charge in [-0.25, -0.2) is 9.48 Å². The average molecular weight is 270 g/mol. The Morgan fingerprint density at radius 2 is 2.11 bits per heavy atom. The van der Waals surface area contributed by atoms with E-state index in [1.54, 1.807) is 6.92 Å². The van der Waals surface area contributed by atoms with Gasteiger partial charge in [-0.05, 0) is 13.8 Å². The first-order valence-corrected chi connectivity index (χ1v) is 5.85. The van der Waals surface area contributed by atoms with Crippen LogP contribution in [0, 0.1) is 0 Å². The van der Waals surface area contributed by atoms with Gasteiger partial charge in [0.25, 0.3) is 0 Å². The molecule has 1 aromatic heterocycles. The zero-order chi connectivity index (χ0) is 14.4. The van der Waals surface area contributed by atoms with Crippen LogP contribution >= 0.6 is 0 Å². The number of carbonyl (C=O) groups excluding carboxylic acids is 2. The molecule has 0 saturated carbocycles. The maximum absolute atomic E-state index is 11.8. The lowest BCUT2D eigenvalue weighted by Gasteiger charge is -2.14. The number of ether oxygens (including phenoxy) is 2. The number of nitrogens with zero attached hydrogens (tertiary/aromatic N) is 3. The molecule has 0 aliphatic carbocycles. The molecule has 8 nitrogen and oxygen atoms in total. The van der Waals surface area contributed by atoms with Crippen molar-refractivity contribution in [1.82, 2.24) is 20.3 Å². The number of esters is 1. The third-order valence-corrected chi connectivity index (χ3v) is 2.55. The van der Waals surface area contributed by atoms with Crippen molar-refractivity contribution in [3.63, 3.8) is 0 Å². The summed E-state index contributed by atoms with van der Waals surface area (Å²) in [6, 6.07) is -0.587. The Labute approximate surface area is 111 Å². The van der Waals surface area contributed by atoms with E-state index in [0.29, 0.717) is 12.2 Å². The molecular weight excluding hydrogens is 252 g/mol. The van der Waals surface area contributed by atoms with Crippen LogP contribution in [0.2, 0.25) is 0 Å². The summed E-state index contributed by atoms with van der Waals surface area (Å²) in [7, 11) is 2.74. The number of methoxy groups -OCH3 is 2. The summed E-state index contributed by atoms with van der Waals surface area (Å²) < 4.78 is 11.0. The molecule has 1 rings (SSSR count). The molecule has 1 atom stereocenters. The zero-order valence-electron chi connectivity index (χ0n) is 11.5. The Kier molecular flexibility index (Phi) is 5.43.